The van der Waals surface area contributed by atoms with Crippen LogP contribution >= 0.6 is 0 Å². The first-order valence-corrected chi connectivity index (χ1v) is 9.90. The van der Waals surface area contributed by atoms with E-state index in [0.717, 1.165) is 16.3 Å². The average Bonchev–Trinajstić information content (AvgIpc) is 2.78. The molecule has 2 aromatic carbocycles. The highest BCUT2D eigenvalue weighted by Gasteiger charge is 2.21. The van der Waals surface area contributed by atoms with Gasteiger partial charge in [-0.15, -0.1) is 0 Å². The Hall–Kier alpha value is -4.01. The summed E-state index contributed by atoms with van der Waals surface area (Å²) in [5.41, 5.74) is 1.24. The van der Waals surface area contributed by atoms with Gasteiger partial charge in [0.25, 0.3) is 11.5 Å². The third-order valence-electron chi connectivity index (χ3n) is 4.47. The molecular formula is C23H22FN3O5. The lowest BCUT2D eigenvalue weighted by atomic mass is 10.2. The number of aromatic nitrogens is 2. The van der Waals surface area contributed by atoms with Crippen molar-refractivity contribution in [3.05, 3.63) is 87.6 Å². The van der Waals surface area contributed by atoms with Crippen LogP contribution in [-0.4, -0.2) is 34.9 Å². The van der Waals surface area contributed by atoms with E-state index in [2.05, 4.69) is 10.4 Å². The molecule has 0 fully saturated rings. The molecule has 3 aromatic rings. The van der Waals surface area contributed by atoms with Crippen molar-refractivity contribution in [3.8, 4) is 11.4 Å². The summed E-state index contributed by atoms with van der Waals surface area (Å²) in [6.45, 7) is 3.26. The van der Waals surface area contributed by atoms with Gasteiger partial charge in [0.15, 0.2) is 12.4 Å². The second kappa shape index (κ2) is 10.3. The molecule has 0 saturated heterocycles. The number of amides is 1. The number of nitrogens with one attached hydrogen (secondary N) is 1. The van der Waals surface area contributed by atoms with Crippen molar-refractivity contribution < 1.29 is 23.5 Å². The molecule has 1 aromatic heterocycles. The lowest BCUT2D eigenvalue weighted by Crippen LogP contribution is -2.30. The van der Waals surface area contributed by atoms with Crippen molar-refractivity contribution in [3.63, 3.8) is 0 Å². The predicted molar refractivity (Wildman–Crippen MR) is 114 cm³/mol. The van der Waals surface area contributed by atoms with E-state index in [-0.39, 0.29) is 30.4 Å². The first-order valence-electron chi connectivity index (χ1n) is 9.90. The van der Waals surface area contributed by atoms with E-state index >= 15 is 0 Å². The lowest BCUT2D eigenvalue weighted by Gasteiger charge is -2.13. The molecular weight excluding hydrogens is 417 g/mol. The minimum absolute atomic E-state index is 0.0988. The van der Waals surface area contributed by atoms with Crippen molar-refractivity contribution in [1.82, 2.24) is 15.1 Å². The van der Waals surface area contributed by atoms with Crippen LogP contribution in [0, 0.1) is 12.7 Å². The fraction of sp³-hybridized carbons (Fsp3) is 0.217. The zero-order valence-corrected chi connectivity index (χ0v) is 17.6. The smallest absolute Gasteiger partial charge is 0.362 e. The molecule has 0 aliphatic carbocycles. The van der Waals surface area contributed by atoms with E-state index < -0.39 is 24.0 Å². The van der Waals surface area contributed by atoms with Crippen LogP contribution < -0.4 is 15.6 Å². The Morgan fingerprint density at radius 1 is 1.12 bits per heavy atom. The minimum Gasteiger partial charge on any atom is -0.481 e. The van der Waals surface area contributed by atoms with Crippen LogP contribution in [0.3, 0.4) is 0 Å². The molecule has 0 saturated carbocycles. The first-order chi connectivity index (χ1) is 15.4. The Balaban J connectivity index is 1.78. The van der Waals surface area contributed by atoms with E-state index in [4.69, 9.17) is 9.47 Å². The molecule has 166 valence electrons. The number of para-hydroxylation sites is 1. The molecule has 1 amide bonds. The van der Waals surface area contributed by atoms with Crippen molar-refractivity contribution in [1.29, 1.82) is 0 Å². The molecule has 0 atom stereocenters. The monoisotopic (exact) mass is 439 g/mol. The normalized spacial score (nSPS) is 10.5. The van der Waals surface area contributed by atoms with E-state index in [1.165, 1.54) is 12.1 Å². The number of nitrogens with zero attached hydrogens (tertiary/aromatic N) is 2. The summed E-state index contributed by atoms with van der Waals surface area (Å²) in [7, 11) is 0. The van der Waals surface area contributed by atoms with E-state index in [1.807, 2.05) is 19.1 Å². The quantitative estimate of drug-likeness (QED) is 0.542. The van der Waals surface area contributed by atoms with Crippen LogP contribution in [0.15, 0.2) is 59.4 Å². The summed E-state index contributed by atoms with van der Waals surface area (Å²) < 4.78 is 24.5. The van der Waals surface area contributed by atoms with Gasteiger partial charge >= 0.3 is 5.97 Å². The molecule has 3 rings (SSSR count). The number of aryl methyl sites for hydroxylation is 1. The molecule has 0 bridgehead atoms. The second-order valence-corrected chi connectivity index (χ2v) is 6.81. The van der Waals surface area contributed by atoms with Crippen LogP contribution in [0.5, 0.6) is 5.75 Å². The molecule has 8 nitrogen and oxygen atoms in total. The molecule has 0 spiro atoms. The Kier molecular flexibility index (Phi) is 7.33. The molecule has 0 aliphatic rings. The van der Waals surface area contributed by atoms with Gasteiger partial charge in [-0.2, -0.15) is 9.78 Å². The number of carbonyl (C=O) groups excluding carboxylic acids is 2. The maximum Gasteiger partial charge on any atom is 0.362 e. The summed E-state index contributed by atoms with van der Waals surface area (Å²) in [5.74, 6) is -1.80. The standard InChI is InChI=1S/C23H22FN3O5/c1-3-31-23(30)22-19(12-21(29)27(26-22)18-7-5-4-6-15(18)2)32-14-20(28)25-13-16-8-10-17(24)11-9-16/h4-12H,3,13-14H2,1-2H3,(H,25,28). The van der Waals surface area contributed by atoms with Gasteiger partial charge in [-0.3, -0.25) is 9.59 Å². The fourth-order valence-electron chi connectivity index (χ4n) is 2.86. The average molecular weight is 439 g/mol. The van der Waals surface area contributed by atoms with Crippen molar-refractivity contribution in [2.75, 3.05) is 13.2 Å². The molecule has 1 heterocycles. The van der Waals surface area contributed by atoms with Gasteiger partial charge in [0.1, 0.15) is 5.82 Å². The number of halogens is 1. The second-order valence-electron chi connectivity index (χ2n) is 6.81. The first kappa shape index (κ1) is 22.7. The molecule has 1 N–H and O–H groups in total. The summed E-state index contributed by atoms with van der Waals surface area (Å²) in [6.07, 6.45) is 0. The van der Waals surface area contributed by atoms with Crippen molar-refractivity contribution in [2.24, 2.45) is 0 Å². The number of ether oxygens (including phenoxy) is 2. The Bertz CT molecular complexity index is 1170. The SMILES string of the molecule is CCOC(=O)c1nn(-c2ccccc2C)c(=O)cc1OCC(=O)NCc1ccc(F)cc1. The predicted octanol–water partition coefficient (Wildman–Crippen LogP) is 2.55. The number of hydrogen-bond acceptors (Lipinski definition) is 6. The lowest BCUT2D eigenvalue weighted by molar-refractivity contribution is -0.123. The van der Waals surface area contributed by atoms with Crippen LogP contribution in [0.25, 0.3) is 5.69 Å². The highest BCUT2D eigenvalue weighted by Crippen LogP contribution is 2.17. The number of hydrogen-bond donors (Lipinski definition) is 1. The number of carbonyl (C=O) groups is 2. The Labute approximate surface area is 183 Å². The zero-order chi connectivity index (χ0) is 23.1. The largest absolute Gasteiger partial charge is 0.481 e. The summed E-state index contributed by atoms with van der Waals surface area (Å²) in [4.78, 5) is 37.2. The summed E-state index contributed by atoms with van der Waals surface area (Å²) >= 11 is 0. The van der Waals surface area contributed by atoms with Gasteiger partial charge in [-0.05, 0) is 43.2 Å². The maximum atomic E-state index is 13.0. The van der Waals surface area contributed by atoms with Gasteiger partial charge < -0.3 is 14.8 Å². The van der Waals surface area contributed by atoms with Crippen LogP contribution in [0.2, 0.25) is 0 Å². The van der Waals surface area contributed by atoms with Gasteiger partial charge in [0, 0.05) is 6.54 Å². The highest BCUT2D eigenvalue weighted by molar-refractivity contribution is 5.90. The van der Waals surface area contributed by atoms with E-state index in [0.29, 0.717) is 11.3 Å². The third-order valence-corrected chi connectivity index (χ3v) is 4.47. The van der Waals surface area contributed by atoms with Crippen molar-refractivity contribution >= 4 is 11.9 Å². The van der Waals surface area contributed by atoms with Gasteiger partial charge in [0.2, 0.25) is 5.69 Å². The topological polar surface area (TPSA) is 99.5 Å². The van der Waals surface area contributed by atoms with Crippen molar-refractivity contribution in [2.45, 2.75) is 20.4 Å². The summed E-state index contributed by atoms with van der Waals surface area (Å²) in [6, 6.07) is 13.8. The minimum atomic E-state index is -0.781. The third kappa shape index (κ3) is 5.57. The number of rotatable bonds is 8. The van der Waals surface area contributed by atoms with Gasteiger partial charge in [0.05, 0.1) is 18.4 Å². The van der Waals surface area contributed by atoms with E-state index in [1.54, 1.807) is 31.2 Å². The Morgan fingerprint density at radius 2 is 1.84 bits per heavy atom. The molecule has 0 unspecified atom stereocenters. The molecule has 32 heavy (non-hydrogen) atoms. The molecule has 0 radical (unpaired) electrons. The van der Waals surface area contributed by atoms with E-state index in [9.17, 15) is 18.8 Å². The maximum absolute atomic E-state index is 13.0. The number of esters is 1. The highest BCUT2D eigenvalue weighted by atomic mass is 19.1. The number of benzene rings is 2. The summed E-state index contributed by atoms with van der Waals surface area (Å²) in [5, 5.41) is 6.75. The van der Waals surface area contributed by atoms with Crippen LogP contribution in [0.1, 0.15) is 28.5 Å². The van der Waals surface area contributed by atoms with Crippen LogP contribution in [-0.2, 0) is 16.1 Å². The van der Waals surface area contributed by atoms with Gasteiger partial charge in [-0.25, -0.2) is 9.18 Å². The fourth-order valence-corrected chi connectivity index (χ4v) is 2.86. The van der Waals surface area contributed by atoms with Crippen LogP contribution in [0.4, 0.5) is 4.39 Å². The molecule has 9 heteroatoms. The van der Waals surface area contributed by atoms with Gasteiger partial charge in [-0.1, -0.05) is 30.3 Å². The zero-order valence-electron chi connectivity index (χ0n) is 17.6. The molecule has 0 aliphatic heterocycles. The Morgan fingerprint density at radius 3 is 2.53 bits per heavy atom.